The van der Waals surface area contributed by atoms with Gasteiger partial charge in [-0.2, -0.15) is 5.10 Å². The molecule has 188 valence electrons. The third-order valence-electron chi connectivity index (χ3n) is 5.37. The van der Waals surface area contributed by atoms with Crippen molar-refractivity contribution in [2.75, 3.05) is 12.4 Å². The van der Waals surface area contributed by atoms with E-state index in [2.05, 4.69) is 22.7 Å². The van der Waals surface area contributed by atoms with Crippen molar-refractivity contribution in [3.63, 3.8) is 0 Å². The number of thioether (sulfide) groups is 1. The molecule has 7 nitrogen and oxygen atoms in total. The molecule has 4 aromatic carbocycles. The zero-order chi connectivity index (χ0) is 26.0. The molecule has 0 bridgehead atoms. The van der Waals surface area contributed by atoms with Crippen LogP contribution in [0.25, 0.3) is 10.8 Å². The van der Waals surface area contributed by atoms with Gasteiger partial charge in [0.05, 0.1) is 24.1 Å². The first-order valence-corrected chi connectivity index (χ1v) is 12.7. The first kappa shape index (κ1) is 25.8. The van der Waals surface area contributed by atoms with Crippen LogP contribution in [0.4, 0.5) is 0 Å². The average Bonchev–Trinajstić information content (AvgIpc) is 2.92. The number of hydrogen-bond donors (Lipinski definition) is 2. The third kappa shape index (κ3) is 7.11. The van der Waals surface area contributed by atoms with Crippen molar-refractivity contribution in [1.82, 2.24) is 5.43 Å². The Morgan fingerprint density at radius 3 is 2.51 bits per heavy atom. The van der Waals surface area contributed by atoms with Gasteiger partial charge in [0.2, 0.25) is 5.91 Å². The predicted molar refractivity (Wildman–Crippen MR) is 146 cm³/mol. The van der Waals surface area contributed by atoms with E-state index in [4.69, 9.17) is 14.6 Å². The minimum absolute atomic E-state index is 0.201. The summed E-state index contributed by atoms with van der Waals surface area (Å²) in [7, 11) is 0. The molecule has 0 aliphatic rings. The highest BCUT2D eigenvalue weighted by Gasteiger charge is 2.09. The monoisotopic (exact) mass is 514 g/mol. The Labute approximate surface area is 219 Å². The van der Waals surface area contributed by atoms with E-state index < -0.39 is 5.97 Å². The van der Waals surface area contributed by atoms with Crippen LogP contribution in [0, 0.1) is 0 Å². The summed E-state index contributed by atoms with van der Waals surface area (Å²) in [6, 6.07) is 26.0. The molecule has 0 radical (unpaired) electrons. The van der Waals surface area contributed by atoms with Crippen LogP contribution in [-0.4, -0.2) is 35.6 Å². The quantitative estimate of drug-likeness (QED) is 0.150. The second-order valence-electron chi connectivity index (χ2n) is 7.99. The Bertz CT molecular complexity index is 1410. The van der Waals surface area contributed by atoms with E-state index in [-0.39, 0.29) is 23.8 Å². The van der Waals surface area contributed by atoms with Gasteiger partial charge in [0.15, 0.2) is 11.5 Å². The maximum absolute atomic E-state index is 12.3. The van der Waals surface area contributed by atoms with E-state index in [9.17, 15) is 9.59 Å². The summed E-state index contributed by atoms with van der Waals surface area (Å²) in [5.41, 5.74) is 4.37. The second kappa shape index (κ2) is 12.6. The molecule has 0 atom stereocenters. The van der Waals surface area contributed by atoms with Crippen molar-refractivity contribution in [3.8, 4) is 11.5 Å². The SMILES string of the molecule is CCOc1cc(C=NNC(=O)CSc2cccc3ccccc23)ccc1OCc1ccc(C(=O)O)cc1. The van der Waals surface area contributed by atoms with Crippen LogP contribution in [0.5, 0.6) is 11.5 Å². The molecule has 0 aromatic heterocycles. The predicted octanol–water partition coefficient (Wildman–Crippen LogP) is 5.76. The topological polar surface area (TPSA) is 97.2 Å². The van der Waals surface area contributed by atoms with Gasteiger partial charge in [0, 0.05) is 4.90 Å². The fourth-order valence-electron chi connectivity index (χ4n) is 3.57. The Morgan fingerprint density at radius 2 is 1.73 bits per heavy atom. The van der Waals surface area contributed by atoms with Crippen molar-refractivity contribution in [3.05, 3.63) is 102 Å². The number of benzene rings is 4. The molecule has 0 aliphatic heterocycles. The van der Waals surface area contributed by atoms with E-state index in [1.54, 1.807) is 42.6 Å². The molecule has 0 aliphatic carbocycles. The fourth-order valence-corrected chi connectivity index (χ4v) is 4.44. The van der Waals surface area contributed by atoms with Crippen LogP contribution in [0.15, 0.2) is 94.9 Å². The number of hydrogen-bond acceptors (Lipinski definition) is 6. The van der Waals surface area contributed by atoms with Gasteiger partial charge < -0.3 is 14.6 Å². The molecular formula is C29H26N2O5S. The van der Waals surface area contributed by atoms with E-state index in [0.29, 0.717) is 18.1 Å². The van der Waals surface area contributed by atoms with Crippen LogP contribution in [0.2, 0.25) is 0 Å². The second-order valence-corrected chi connectivity index (χ2v) is 9.01. The maximum atomic E-state index is 12.3. The maximum Gasteiger partial charge on any atom is 0.335 e. The van der Waals surface area contributed by atoms with Gasteiger partial charge >= 0.3 is 5.97 Å². The normalized spacial score (nSPS) is 10.9. The van der Waals surface area contributed by atoms with Gasteiger partial charge in [-0.05, 0) is 65.2 Å². The molecule has 4 rings (SSSR count). The van der Waals surface area contributed by atoms with Crippen LogP contribution in [-0.2, 0) is 11.4 Å². The summed E-state index contributed by atoms with van der Waals surface area (Å²) in [4.78, 5) is 24.4. The molecule has 0 saturated carbocycles. The summed E-state index contributed by atoms with van der Waals surface area (Å²) >= 11 is 1.47. The van der Waals surface area contributed by atoms with E-state index in [0.717, 1.165) is 26.8 Å². The molecule has 37 heavy (non-hydrogen) atoms. The van der Waals surface area contributed by atoms with Crippen molar-refractivity contribution in [2.45, 2.75) is 18.4 Å². The largest absolute Gasteiger partial charge is 0.490 e. The number of carboxylic acids is 1. The average molecular weight is 515 g/mol. The van der Waals surface area contributed by atoms with Gasteiger partial charge in [-0.15, -0.1) is 11.8 Å². The van der Waals surface area contributed by atoms with Gasteiger partial charge in [-0.1, -0.05) is 48.5 Å². The summed E-state index contributed by atoms with van der Waals surface area (Å²) in [5, 5.41) is 15.4. The summed E-state index contributed by atoms with van der Waals surface area (Å²) < 4.78 is 11.6. The van der Waals surface area contributed by atoms with Crippen molar-refractivity contribution in [2.24, 2.45) is 5.10 Å². The molecule has 2 N–H and O–H groups in total. The number of aromatic carboxylic acids is 1. The molecule has 0 heterocycles. The number of carbonyl (C=O) groups is 2. The first-order chi connectivity index (χ1) is 18.0. The number of amides is 1. The van der Waals surface area contributed by atoms with Crippen molar-refractivity contribution < 1.29 is 24.2 Å². The first-order valence-electron chi connectivity index (χ1n) is 11.7. The van der Waals surface area contributed by atoms with Crippen LogP contribution in [0.3, 0.4) is 0 Å². The lowest BCUT2D eigenvalue weighted by molar-refractivity contribution is -0.118. The van der Waals surface area contributed by atoms with Crippen molar-refractivity contribution in [1.29, 1.82) is 0 Å². The summed E-state index contributed by atoms with van der Waals surface area (Å²) in [5.74, 6) is 0.176. The Kier molecular flexibility index (Phi) is 8.78. The zero-order valence-corrected chi connectivity index (χ0v) is 21.0. The number of nitrogens with one attached hydrogen (secondary N) is 1. The molecule has 0 spiro atoms. The Morgan fingerprint density at radius 1 is 0.946 bits per heavy atom. The lowest BCUT2D eigenvalue weighted by atomic mass is 10.1. The zero-order valence-electron chi connectivity index (χ0n) is 20.2. The highest BCUT2D eigenvalue weighted by atomic mass is 32.2. The molecule has 0 saturated heterocycles. The number of fused-ring (bicyclic) bond motifs is 1. The van der Waals surface area contributed by atoms with Crippen LogP contribution >= 0.6 is 11.8 Å². The number of carboxylic acid groups (broad SMARTS) is 1. The highest BCUT2D eigenvalue weighted by Crippen LogP contribution is 2.29. The molecule has 4 aromatic rings. The van der Waals surface area contributed by atoms with Gasteiger partial charge in [0.1, 0.15) is 6.61 Å². The minimum atomic E-state index is -0.969. The summed E-state index contributed by atoms with van der Waals surface area (Å²) in [6.45, 7) is 2.59. The van der Waals surface area contributed by atoms with Gasteiger partial charge in [0.25, 0.3) is 0 Å². The summed E-state index contributed by atoms with van der Waals surface area (Å²) in [6.07, 6.45) is 1.55. The molecular weight excluding hydrogens is 488 g/mol. The smallest absolute Gasteiger partial charge is 0.335 e. The highest BCUT2D eigenvalue weighted by molar-refractivity contribution is 8.00. The Balaban J connectivity index is 1.33. The Hall–Kier alpha value is -4.30. The van der Waals surface area contributed by atoms with Crippen LogP contribution < -0.4 is 14.9 Å². The number of nitrogens with zero attached hydrogens (tertiary/aromatic N) is 1. The van der Waals surface area contributed by atoms with E-state index in [1.165, 1.54) is 11.8 Å². The number of ether oxygens (including phenoxy) is 2. The molecule has 8 heteroatoms. The lowest BCUT2D eigenvalue weighted by Gasteiger charge is -2.13. The molecule has 0 unspecified atom stereocenters. The van der Waals surface area contributed by atoms with Crippen LogP contribution in [0.1, 0.15) is 28.4 Å². The minimum Gasteiger partial charge on any atom is -0.490 e. The fraction of sp³-hybridized carbons (Fsp3) is 0.138. The lowest BCUT2D eigenvalue weighted by Crippen LogP contribution is -2.19. The molecule has 1 amide bonds. The standard InChI is InChI=1S/C29H26N2O5S/c1-2-35-26-16-21(12-15-25(26)36-18-20-10-13-23(14-11-20)29(33)34)17-30-31-28(32)19-37-27-9-5-7-22-6-3-4-8-24(22)27/h3-17H,2,18-19H2,1H3,(H,31,32)(H,33,34). The number of rotatable bonds is 11. The van der Waals surface area contributed by atoms with E-state index >= 15 is 0 Å². The van der Waals surface area contributed by atoms with E-state index in [1.807, 2.05) is 43.3 Å². The van der Waals surface area contributed by atoms with Crippen molar-refractivity contribution >= 4 is 40.6 Å². The molecule has 0 fully saturated rings. The third-order valence-corrected chi connectivity index (χ3v) is 6.45. The number of carbonyl (C=O) groups excluding carboxylic acids is 1. The van der Waals surface area contributed by atoms with Gasteiger partial charge in [-0.3, -0.25) is 4.79 Å². The van der Waals surface area contributed by atoms with Gasteiger partial charge in [-0.25, -0.2) is 10.2 Å². The number of hydrazone groups is 1.